The second kappa shape index (κ2) is 7.67. The first-order valence-corrected chi connectivity index (χ1v) is 14.8. The van der Waals surface area contributed by atoms with Crippen LogP contribution in [0.5, 0.6) is 0 Å². The summed E-state index contributed by atoms with van der Waals surface area (Å²) in [5, 5.41) is 0.267. The minimum atomic E-state index is -1.83. The van der Waals surface area contributed by atoms with Crippen LogP contribution in [0.25, 0.3) is 0 Å². The third-order valence-electron chi connectivity index (χ3n) is 6.32. The molecule has 1 rings (SSSR count). The monoisotopic (exact) mass is 370 g/mol. The largest absolute Gasteiger partial charge is 0.546 e. The fourth-order valence-corrected chi connectivity index (χ4v) is 10.7. The van der Waals surface area contributed by atoms with Gasteiger partial charge in [0, 0.05) is 6.42 Å². The minimum Gasteiger partial charge on any atom is -0.546 e. The summed E-state index contributed by atoms with van der Waals surface area (Å²) < 4.78 is 13.5. The van der Waals surface area contributed by atoms with Crippen molar-refractivity contribution in [2.75, 3.05) is 0 Å². The lowest BCUT2D eigenvalue weighted by Gasteiger charge is -2.43. The Morgan fingerprint density at radius 2 is 1.42 bits per heavy atom. The summed E-state index contributed by atoms with van der Waals surface area (Å²) in [5.41, 5.74) is 1.87. The highest BCUT2D eigenvalue weighted by Crippen LogP contribution is 2.45. The van der Waals surface area contributed by atoms with E-state index in [4.69, 9.17) is 8.85 Å². The van der Waals surface area contributed by atoms with Crippen molar-refractivity contribution in [1.82, 2.24) is 0 Å². The standard InChI is InChI=1S/C20H42O2Si2/c1-15(2)24(16(3)4,17(5)6)22-19-13-12-18(14-19)21-23(10,11)20(7,8)9/h13,15-18H,12,14H2,1-11H3/t18-/m0/s1. The van der Waals surface area contributed by atoms with Crippen LogP contribution in [0.4, 0.5) is 0 Å². The summed E-state index contributed by atoms with van der Waals surface area (Å²) in [7, 11) is -3.53. The molecule has 0 saturated heterocycles. The summed E-state index contributed by atoms with van der Waals surface area (Å²) in [4.78, 5) is 0. The normalized spacial score (nSPS) is 20.2. The molecule has 0 saturated carbocycles. The number of rotatable bonds is 7. The van der Waals surface area contributed by atoms with Gasteiger partial charge >= 0.3 is 0 Å². The summed E-state index contributed by atoms with van der Waals surface area (Å²) in [5.74, 6) is 1.21. The Balaban J connectivity index is 2.82. The molecule has 0 aromatic heterocycles. The van der Waals surface area contributed by atoms with Gasteiger partial charge in [0.15, 0.2) is 8.32 Å². The molecule has 1 aliphatic carbocycles. The maximum Gasteiger partial charge on any atom is 0.258 e. The smallest absolute Gasteiger partial charge is 0.258 e. The van der Waals surface area contributed by atoms with Gasteiger partial charge in [0.05, 0.1) is 11.9 Å². The van der Waals surface area contributed by atoms with Gasteiger partial charge in [-0.3, -0.25) is 0 Å². The minimum absolute atomic E-state index is 0.267. The SMILES string of the molecule is CC(C)[Si](OC1=CC[C@H](O[Si](C)(C)C(C)(C)C)C1)(C(C)C)C(C)C. The molecule has 2 nitrogen and oxygen atoms in total. The van der Waals surface area contributed by atoms with E-state index in [0.717, 1.165) is 12.8 Å². The van der Waals surface area contributed by atoms with Crippen LogP contribution in [0.2, 0.25) is 34.8 Å². The number of hydrogen-bond acceptors (Lipinski definition) is 2. The van der Waals surface area contributed by atoms with E-state index in [-0.39, 0.29) is 5.04 Å². The number of hydrogen-bond donors (Lipinski definition) is 0. The lowest BCUT2D eigenvalue weighted by molar-refractivity contribution is 0.182. The molecule has 0 radical (unpaired) electrons. The first-order chi connectivity index (χ1) is 10.7. The van der Waals surface area contributed by atoms with E-state index in [2.05, 4.69) is 81.5 Å². The Bertz CT molecular complexity index is 423. The molecule has 0 bridgehead atoms. The molecule has 0 aromatic carbocycles. The van der Waals surface area contributed by atoms with Crippen molar-refractivity contribution in [3.63, 3.8) is 0 Å². The molecule has 0 heterocycles. The maximum atomic E-state index is 6.85. The highest BCUT2D eigenvalue weighted by molar-refractivity contribution is 6.78. The summed E-state index contributed by atoms with van der Waals surface area (Å²) in [6, 6.07) is 0. The Labute approximate surface area is 153 Å². The predicted octanol–water partition coefficient (Wildman–Crippen LogP) is 7.25. The van der Waals surface area contributed by atoms with Crippen molar-refractivity contribution < 1.29 is 8.85 Å². The van der Waals surface area contributed by atoms with E-state index in [1.165, 1.54) is 5.76 Å². The van der Waals surface area contributed by atoms with E-state index in [9.17, 15) is 0 Å². The highest BCUT2D eigenvalue weighted by atomic mass is 28.4. The molecule has 0 unspecified atom stereocenters. The molecule has 0 amide bonds. The van der Waals surface area contributed by atoms with Crippen LogP contribution in [0.3, 0.4) is 0 Å². The second-order valence-corrected chi connectivity index (χ2v) is 20.2. The van der Waals surface area contributed by atoms with Gasteiger partial charge in [0.1, 0.15) is 0 Å². The Morgan fingerprint density at radius 3 is 1.79 bits per heavy atom. The molecule has 0 fully saturated rings. The molecule has 4 heteroatoms. The van der Waals surface area contributed by atoms with Crippen LogP contribution < -0.4 is 0 Å². The predicted molar refractivity (Wildman–Crippen MR) is 112 cm³/mol. The molecule has 1 atom stereocenters. The Kier molecular flexibility index (Phi) is 7.02. The lowest BCUT2D eigenvalue weighted by Crippen LogP contribution is -2.47. The maximum absolute atomic E-state index is 6.85. The van der Waals surface area contributed by atoms with Crippen molar-refractivity contribution in [3.8, 4) is 0 Å². The van der Waals surface area contributed by atoms with Crippen LogP contribution >= 0.6 is 0 Å². The molecule has 0 aliphatic heterocycles. The van der Waals surface area contributed by atoms with Crippen molar-refractivity contribution in [1.29, 1.82) is 0 Å². The van der Waals surface area contributed by atoms with Gasteiger partial charge in [-0.25, -0.2) is 0 Å². The summed E-state index contributed by atoms with van der Waals surface area (Å²) >= 11 is 0. The fraction of sp³-hybridized carbons (Fsp3) is 0.900. The summed E-state index contributed by atoms with van der Waals surface area (Å²) in [6.07, 6.45) is 4.61. The third kappa shape index (κ3) is 4.56. The molecular formula is C20H42O2Si2. The first-order valence-electron chi connectivity index (χ1n) is 9.80. The van der Waals surface area contributed by atoms with Crippen molar-refractivity contribution >= 4 is 16.6 Å². The van der Waals surface area contributed by atoms with Gasteiger partial charge in [0.2, 0.25) is 0 Å². The van der Waals surface area contributed by atoms with E-state index < -0.39 is 16.6 Å². The van der Waals surface area contributed by atoms with E-state index in [1.807, 2.05) is 0 Å². The van der Waals surface area contributed by atoms with Gasteiger partial charge in [-0.05, 0) is 47.3 Å². The first kappa shape index (κ1) is 22.0. The van der Waals surface area contributed by atoms with Crippen molar-refractivity contribution in [2.24, 2.45) is 0 Å². The van der Waals surface area contributed by atoms with E-state index >= 15 is 0 Å². The zero-order valence-electron chi connectivity index (χ0n) is 18.1. The van der Waals surface area contributed by atoms with Crippen LogP contribution in [0, 0.1) is 0 Å². The zero-order valence-corrected chi connectivity index (χ0v) is 20.1. The molecular weight excluding hydrogens is 328 g/mol. The third-order valence-corrected chi connectivity index (χ3v) is 16.9. The Morgan fingerprint density at radius 1 is 0.958 bits per heavy atom. The average molecular weight is 371 g/mol. The van der Waals surface area contributed by atoms with E-state index in [0.29, 0.717) is 22.7 Å². The Hall–Kier alpha value is -0.0662. The van der Waals surface area contributed by atoms with Gasteiger partial charge in [-0.15, -0.1) is 0 Å². The molecule has 0 N–H and O–H groups in total. The molecule has 142 valence electrons. The van der Waals surface area contributed by atoms with Crippen molar-refractivity contribution in [3.05, 3.63) is 11.8 Å². The molecule has 0 spiro atoms. The quantitative estimate of drug-likeness (QED) is 0.439. The van der Waals surface area contributed by atoms with E-state index in [1.54, 1.807) is 0 Å². The molecule has 1 aliphatic rings. The average Bonchev–Trinajstić information content (AvgIpc) is 2.79. The summed E-state index contributed by atoms with van der Waals surface area (Å²) in [6.45, 7) is 25.8. The topological polar surface area (TPSA) is 18.5 Å². The van der Waals surface area contributed by atoms with Gasteiger partial charge in [-0.2, -0.15) is 0 Å². The van der Waals surface area contributed by atoms with Crippen LogP contribution in [-0.4, -0.2) is 22.7 Å². The second-order valence-electron chi connectivity index (χ2n) is 10.0. The lowest BCUT2D eigenvalue weighted by atomic mass is 10.2. The molecule has 24 heavy (non-hydrogen) atoms. The van der Waals surface area contributed by atoms with Gasteiger partial charge in [-0.1, -0.05) is 62.3 Å². The zero-order chi connectivity index (χ0) is 18.9. The molecule has 0 aromatic rings. The van der Waals surface area contributed by atoms with Gasteiger partial charge < -0.3 is 8.85 Å². The van der Waals surface area contributed by atoms with Crippen molar-refractivity contribution in [2.45, 2.75) is 116 Å². The van der Waals surface area contributed by atoms with Gasteiger partial charge in [0.25, 0.3) is 8.32 Å². The van der Waals surface area contributed by atoms with Crippen LogP contribution in [0.15, 0.2) is 11.8 Å². The van der Waals surface area contributed by atoms with Crippen LogP contribution in [0.1, 0.15) is 75.2 Å². The fourth-order valence-electron chi connectivity index (χ4n) is 4.00. The van der Waals surface area contributed by atoms with Crippen LogP contribution in [-0.2, 0) is 8.85 Å². The highest BCUT2D eigenvalue weighted by Gasteiger charge is 2.48.